The molecule has 3 saturated carbocycles. The molecule has 0 amide bonds. The highest BCUT2D eigenvalue weighted by molar-refractivity contribution is 5.29. The lowest BCUT2D eigenvalue weighted by Crippen LogP contribution is -2.66. The molecule has 0 aromatic rings. The normalized spacial score (nSPS) is 58.4. The third-order valence-corrected chi connectivity index (χ3v) is 19.6. The van der Waals surface area contributed by atoms with Crippen LogP contribution in [0.3, 0.4) is 0 Å². The first kappa shape index (κ1) is 53.3. The van der Waals surface area contributed by atoms with Gasteiger partial charge in [0, 0.05) is 17.8 Å². The van der Waals surface area contributed by atoms with E-state index in [0.717, 1.165) is 51.4 Å². The molecule has 6 saturated heterocycles. The van der Waals surface area contributed by atoms with E-state index < -0.39 is 147 Å². The van der Waals surface area contributed by atoms with Crippen LogP contribution in [0.1, 0.15) is 106 Å². The molecule has 0 radical (unpaired) electrons. The van der Waals surface area contributed by atoms with Gasteiger partial charge in [-0.05, 0) is 102 Å². The number of rotatable bonds is 9. The Morgan fingerprint density at radius 1 is 0.606 bits per heavy atom. The second kappa shape index (κ2) is 19.7. The van der Waals surface area contributed by atoms with Gasteiger partial charge in [0.2, 0.25) is 0 Å². The molecule has 10 aliphatic rings. The van der Waals surface area contributed by atoms with Gasteiger partial charge in [-0.1, -0.05) is 32.4 Å². The van der Waals surface area contributed by atoms with Crippen LogP contribution in [-0.4, -0.2) is 216 Å². The third kappa shape index (κ3) is 8.55. The van der Waals surface area contributed by atoms with Gasteiger partial charge in [-0.3, -0.25) is 0 Å². The molecule has 406 valence electrons. The van der Waals surface area contributed by atoms with Crippen LogP contribution < -0.4 is 0 Å². The molecule has 71 heavy (non-hydrogen) atoms. The maximum atomic E-state index is 12.8. The van der Waals surface area contributed by atoms with E-state index in [2.05, 4.69) is 26.8 Å². The fraction of sp³-hybridized carbons (Fsp3) is 0.960. The Hall–Kier alpha value is -1.10. The fourth-order valence-electron chi connectivity index (χ4n) is 15.3. The molecule has 21 heteroatoms. The summed E-state index contributed by atoms with van der Waals surface area (Å²) in [5.41, 5.74) is -0.121. The van der Waals surface area contributed by atoms with Crippen molar-refractivity contribution >= 4 is 0 Å². The summed E-state index contributed by atoms with van der Waals surface area (Å²) in [7, 11) is 0. The quantitative estimate of drug-likeness (QED) is 0.123. The van der Waals surface area contributed by atoms with Crippen LogP contribution in [0.15, 0.2) is 11.6 Å². The van der Waals surface area contributed by atoms with Crippen molar-refractivity contribution in [3.05, 3.63) is 11.6 Å². The van der Waals surface area contributed by atoms with Crippen LogP contribution in [0.4, 0.5) is 0 Å². The number of aliphatic hydroxyl groups excluding tert-OH is 10. The van der Waals surface area contributed by atoms with Crippen molar-refractivity contribution in [3.63, 3.8) is 0 Å². The summed E-state index contributed by atoms with van der Waals surface area (Å²) in [6.45, 7) is 11.3. The Kier molecular flexibility index (Phi) is 14.8. The topological polar surface area (TPSA) is 315 Å². The molecule has 7 unspecified atom stereocenters. The number of hydrogen-bond donors (Lipinski definition) is 11. The third-order valence-electron chi connectivity index (χ3n) is 19.6. The van der Waals surface area contributed by atoms with E-state index >= 15 is 0 Å². The number of allylic oxidation sites excluding steroid dienone is 1. The maximum absolute atomic E-state index is 12.8. The molecule has 0 bridgehead atoms. The number of fused-ring (bicyclic) bond motifs is 7. The molecule has 6 aliphatic heterocycles. The lowest BCUT2D eigenvalue weighted by Gasteiger charge is -2.60. The van der Waals surface area contributed by atoms with Gasteiger partial charge in [0.1, 0.15) is 85.0 Å². The maximum Gasteiger partial charge on any atom is 0.187 e. The summed E-state index contributed by atoms with van der Waals surface area (Å²) in [5, 5.41) is 121. The minimum Gasteiger partial charge on any atom is -0.394 e. The highest BCUT2D eigenvalue weighted by atomic mass is 16.8. The average Bonchev–Trinajstić information content (AvgIpc) is 3.70. The monoisotopic (exact) mass is 1020 g/mol. The Morgan fingerprint density at radius 3 is 1.80 bits per heavy atom. The SMILES string of the molecule is C[C@@H]1O[C@@H](O[C@@H]2[C@@H](O)[C@@H](O)[C@H](O[C@@H]3[C@@H](O)[C@@H](O)[C@H](O[C@H]4[C@H](OC5CC[C@@]6(C)C(=CCC7C6CC[C@@]6(C)C7CC7OC8(CCCCO8)[C@@H](C)C76O)C5)O[C@H](CO)[C@@H](O)[C@@H]4O)O[C@H]3C)O[C@H]2C)[C@H](O)[C@H](O)[C@H]1O. The molecule has 0 aromatic heterocycles. The molecular weight excluding hydrogens is 937 g/mol. The standard InChI is InChI=1S/C50H80O21/c1-20-31(52)33(54)37(58)43(63-20)68-40-21(2)64-44(38(59)35(40)56)69-41-22(3)65-45(39(60)36(41)57)70-42-34(55)32(53)29(19-51)67-46(42)66-25-11-14-47(5)24(17-25)9-10-26-27(47)12-15-48(6)28(26)18-30-50(48,61)23(4)49(71-30)13-7-8-16-62-49/h9,20-23,25-46,51-61H,7-8,10-19H2,1-6H3/t20-,21-,22-,23+,25?,26?,27?,28?,29+,30?,31-,32+,33+,34-,35-,36-,37+,38+,39+,40-,41-,42+,43-,44-,45-,46+,47-,48-,49?,50?/m0/s1. The van der Waals surface area contributed by atoms with Gasteiger partial charge in [-0.15, -0.1) is 0 Å². The highest BCUT2D eigenvalue weighted by Crippen LogP contribution is 2.72. The average molecular weight is 1020 g/mol. The minimum absolute atomic E-state index is 0.116. The van der Waals surface area contributed by atoms with Crippen molar-refractivity contribution in [3.8, 4) is 0 Å². The van der Waals surface area contributed by atoms with Crippen LogP contribution >= 0.6 is 0 Å². The molecule has 9 fully saturated rings. The van der Waals surface area contributed by atoms with Crippen LogP contribution in [-0.2, 0) is 47.4 Å². The zero-order valence-corrected chi connectivity index (χ0v) is 41.6. The van der Waals surface area contributed by atoms with Crippen molar-refractivity contribution in [1.82, 2.24) is 0 Å². The number of ether oxygens (including phenoxy) is 10. The summed E-state index contributed by atoms with van der Waals surface area (Å²) in [5.74, 6) is 0.203. The number of hydrogen-bond acceptors (Lipinski definition) is 21. The van der Waals surface area contributed by atoms with Gasteiger partial charge < -0.3 is 104 Å². The van der Waals surface area contributed by atoms with E-state index in [0.29, 0.717) is 31.3 Å². The molecule has 10 rings (SSSR count). The first-order valence-electron chi connectivity index (χ1n) is 26.3. The van der Waals surface area contributed by atoms with Crippen LogP contribution in [0.5, 0.6) is 0 Å². The second-order valence-corrected chi connectivity index (χ2v) is 23.3. The first-order valence-corrected chi connectivity index (χ1v) is 26.3. The van der Waals surface area contributed by atoms with Gasteiger partial charge >= 0.3 is 0 Å². The van der Waals surface area contributed by atoms with E-state index in [1.165, 1.54) is 26.3 Å². The Morgan fingerprint density at radius 2 is 1.20 bits per heavy atom. The smallest absolute Gasteiger partial charge is 0.187 e. The summed E-state index contributed by atoms with van der Waals surface area (Å²) >= 11 is 0. The molecule has 1 spiro atoms. The zero-order valence-electron chi connectivity index (χ0n) is 41.6. The van der Waals surface area contributed by atoms with E-state index in [4.69, 9.17) is 47.4 Å². The summed E-state index contributed by atoms with van der Waals surface area (Å²) < 4.78 is 61.1. The molecular formula is C50H80O21. The summed E-state index contributed by atoms with van der Waals surface area (Å²) in [4.78, 5) is 0. The largest absolute Gasteiger partial charge is 0.394 e. The number of aliphatic hydroxyl groups is 11. The van der Waals surface area contributed by atoms with Crippen LogP contribution in [0.2, 0.25) is 0 Å². The minimum atomic E-state index is -1.84. The van der Waals surface area contributed by atoms with Crippen molar-refractivity contribution in [2.45, 2.75) is 252 Å². The lowest BCUT2D eigenvalue weighted by molar-refractivity contribution is -0.388. The zero-order chi connectivity index (χ0) is 50.9. The first-order chi connectivity index (χ1) is 33.6. The Bertz CT molecular complexity index is 1910. The lowest BCUT2D eigenvalue weighted by atomic mass is 9.46. The fourth-order valence-corrected chi connectivity index (χ4v) is 15.3. The van der Waals surface area contributed by atoms with Crippen LogP contribution in [0, 0.1) is 34.5 Å². The van der Waals surface area contributed by atoms with Gasteiger partial charge in [-0.2, -0.15) is 0 Å². The second-order valence-electron chi connectivity index (χ2n) is 23.3. The van der Waals surface area contributed by atoms with E-state index in [9.17, 15) is 56.2 Å². The molecule has 30 atom stereocenters. The molecule has 4 aliphatic carbocycles. The Labute approximate surface area is 414 Å². The molecule has 6 heterocycles. The molecule has 0 aromatic carbocycles. The predicted octanol–water partition coefficient (Wildman–Crippen LogP) is -1.04. The van der Waals surface area contributed by atoms with Crippen LogP contribution in [0.25, 0.3) is 0 Å². The predicted molar refractivity (Wildman–Crippen MR) is 241 cm³/mol. The van der Waals surface area contributed by atoms with Crippen molar-refractivity contribution in [2.75, 3.05) is 13.2 Å². The van der Waals surface area contributed by atoms with Crippen molar-refractivity contribution < 1.29 is 104 Å². The van der Waals surface area contributed by atoms with Crippen molar-refractivity contribution in [1.29, 1.82) is 0 Å². The summed E-state index contributed by atoms with van der Waals surface area (Å²) in [6.07, 6.45) is -19.4. The van der Waals surface area contributed by atoms with E-state index in [-0.39, 0.29) is 28.8 Å². The van der Waals surface area contributed by atoms with E-state index in [1.807, 2.05) is 0 Å². The van der Waals surface area contributed by atoms with Gasteiger partial charge in [0.25, 0.3) is 0 Å². The van der Waals surface area contributed by atoms with E-state index in [1.54, 1.807) is 0 Å². The molecule has 21 nitrogen and oxygen atoms in total. The van der Waals surface area contributed by atoms with Gasteiger partial charge in [0.15, 0.2) is 30.9 Å². The highest BCUT2D eigenvalue weighted by Gasteiger charge is 2.76. The van der Waals surface area contributed by atoms with Gasteiger partial charge in [0.05, 0.1) is 43.7 Å². The Balaban J connectivity index is 0.779. The van der Waals surface area contributed by atoms with Gasteiger partial charge in [-0.25, -0.2) is 0 Å². The van der Waals surface area contributed by atoms with Crippen molar-refractivity contribution in [2.24, 2.45) is 34.5 Å². The molecule has 11 N–H and O–H groups in total. The summed E-state index contributed by atoms with van der Waals surface area (Å²) in [6, 6.07) is 0.